The smallest absolute Gasteiger partial charge is 0.191 e. The average molecular weight is 249 g/mol. The first-order chi connectivity index (χ1) is 8.27. The number of allylic oxidation sites excluding steroid dienone is 1. The maximum absolute atomic E-state index is 5.31. The van der Waals surface area contributed by atoms with Crippen molar-refractivity contribution in [1.29, 1.82) is 0 Å². The van der Waals surface area contributed by atoms with E-state index in [2.05, 4.69) is 28.3 Å². The number of aromatic nitrogens is 3. The van der Waals surface area contributed by atoms with Crippen LogP contribution in [-0.2, 0) is 6.54 Å². The molecule has 90 valence electrons. The summed E-state index contributed by atoms with van der Waals surface area (Å²) in [7, 11) is 0. The quantitative estimate of drug-likeness (QED) is 0.603. The second-order valence-electron chi connectivity index (χ2n) is 3.53. The molecule has 4 nitrogen and oxygen atoms in total. The normalized spacial score (nSPS) is 10.7. The van der Waals surface area contributed by atoms with Crippen LogP contribution in [0.15, 0.2) is 34.6 Å². The number of hydrogen-bond donors (Lipinski definition) is 0. The Balaban J connectivity index is 2.47. The summed E-state index contributed by atoms with van der Waals surface area (Å²) >= 11 is 1.68. The zero-order valence-corrected chi connectivity index (χ0v) is 10.8. The molecule has 5 heteroatoms. The van der Waals surface area contributed by atoms with Gasteiger partial charge in [0.2, 0.25) is 0 Å². The highest BCUT2D eigenvalue weighted by atomic mass is 32.2. The standard InChI is InChI=1S/C12H15N3OS/c1-4-7-15-11(10-6-8-16-9(10)3)13-14-12(15)17-5-2/h4,6,8H,1,5,7H2,2-3H3. The van der Waals surface area contributed by atoms with Gasteiger partial charge in [-0.2, -0.15) is 0 Å². The average Bonchev–Trinajstić information content (AvgIpc) is 2.88. The van der Waals surface area contributed by atoms with Gasteiger partial charge in [-0.15, -0.1) is 16.8 Å². The van der Waals surface area contributed by atoms with E-state index in [1.165, 1.54) is 0 Å². The van der Waals surface area contributed by atoms with Gasteiger partial charge in [-0.25, -0.2) is 0 Å². The molecule has 0 fully saturated rings. The first kappa shape index (κ1) is 12.0. The molecule has 0 aliphatic heterocycles. The Kier molecular flexibility index (Phi) is 3.68. The topological polar surface area (TPSA) is 43.9 Å². The maximum Gasteiger partial charge on any atom is 0.191 e. The lowest BCUT2D eigenvalue weighted by atomic mass is 10.2. The molecular formula is C12H15N3OS. The number of nitrogens with zero attached hydrogens (tertiary/aromatic N) is 3. The van der Waals surface area contributed by atoms with Crippen LogP contribution in [0, 0.1) is 6.92 Å². The van der Waals surface area contributed by atoms with Crippen LogP contribution in [0.25, 0.3) is 11.4 Å². The van der Waals surface area contributed by atoms with Gasteiger partial charge in [0, 0.05) is 6.54 Å². The van der Waals surface area contributed by atoms with E-state index in [1.54, 1.807) is 18.0 Å². The third-order valence-corrected chi connectivity index (χ3v) is 3.25. The minimum absolute atomic E-state index is 0.704. The molecule has 17 heavy (non-hydrogen) atoms. The van der Waals surface area contributed by atoms with Crippen molar-refractivity contribution in [2.75, 3.05) is 5.75 Å². The van der Waals surface area contributed by atoms with Gasteiger partial charge < -0.3 is 4.42 Å². The highest BCUT2D eigenvalue weighted by Crippen LogP contribution is 2.26. The largest absolute Gasteiger partial charge is 0.469 e. The number of thioether (sulfide) groups is 1. The summed E-state index contributed by atoms with van der Waals surface area (Å²) in [6.45, 7) is 8.50. The van der Waals surface area contributed by atoms with E-state index in [0.29, 0.717) is 6.54 Å². The van der Waals surface area contributed by atoms with Crippen LogP contribution in [0.5, 0.6) is 0 Å². The molecule has 2 aromatic heterocycles. The molecule has 0 aliphatic rings. The summed E-state index contributed by atoms with van der Waals surface area (Å²) in [6.07, 6.45) is 3.52. The van der Waals surface area contributed by atoms with Gasteiger partial charge in [0.25, 0.3) is 0 Å². The molecule has 0 saturated heterocycles. The Morgan fingerprint density at radius 2 is 2.35 bits per heavy atom. The summed E-state index contributed by atoms with van der Waals surface area (Å²) < 4.78 is 7.36. The molecule has 2 heterocycles. The van der Waals surface area contributed by atoms with Crippen molar-refractivity contribution < 1.29 is 4.42 Å². The van der Waals surface area contributed by atoms with Crippen molar-refractivity contribution >= 4 is 11.8 Å². The number of aryl methyl sites for hydroxylation is 1. The molecule has 0 saturated carbocycles. The molecule has 2 aromatic rings. The Bertz CT molecular complexity index is 516. The van der Waals surface area contributed by atoms with E-state index < -0.39 is 0 Å². The molecule has 0 N–H and O–H groups in total. The fraction of sp³-hybridized carbons (Fsp3) is 0.333. The van der Waals surface area contributed by atoms with Gasteiger partial charge in [-0.3, -0.25) is 4.57 Å². The summed E-state index contributed by atoms with van der Waals surface area (Å²) in [4.78, 5) is 0. The van der Waals surface area contributed by atoms with Crippen molar-refractivity contribution in [2.45, 2.75) is 25.5 Å². The molecular weight excluding hydrogens is 234 g/mol. The highest BCUT2D eigenvalue weighted by molar-refractivity contribution is 7.99. The molecule has 0 amide bonds. The van der Waals surface area contributed by atoms with Crippen molar-refractivity contribution in [3.05, 3.63) is 30.7 Å². The van der Waals surface area contributed by atoms with Gasteiger partial charge in [-0.1, -0.05) is 24.8 Å². The molecule has 0 unspecified atom stereocenters. The second-order valence-corrected chi connectivity index (χ2v) is 4.76. The van der Waals surface area contributed by atoms with Crippen LogP contribution in [0.1, 0.15) is 12.7 Å². The van der Waals surface area contributed by atoms with Gasteiger partial charge in [0.1, 0.15) is 5.76 Å². The first-order valence-corrected chi connectivity index (χ1v) is 6.47. The summed E-state index contributed by atoms with van der Waals surface area (Å²) in [5.41, 5.74) is 0.988. The zero-order valence-electron chi connectivity index (χ0n) is 10.0. The summed E-state index contributed by atoms with van der Waals surface area (Å²) in [6, 6.07) is 1.92. The molecule has 0 atom stereocenters. The lowest BCUT2D eigenvalue weighted by Gasteiger charge is -2.05. The fourth-order valence-electron chi connectivity index (χ4n) is 1.63. The van der Waals surface area contributed by atoms with Crippen LogP contribution in [0.3, 0.4) is 0 Å². The summed E-state index contributed by atoms with van der Waals surface area (Å²) in [5, 5.41) is 9.37. The monoisotopic (exact) mass is 249 g/mol. The third-order valence-electron chi connectivity index (χ3n) is 2.40. The first-order valence-electron chi connectivity index (χ1n) is 5.49. The fourth-order valence-corrected chi connectivity index (χ4v) is 2.31. The molecule has 0 bridgehead atoms. The minimum atomic E-state index is 0.704. The van der Waals surface area contributed by atoms with E-state index in [0.717, 1.165) is 28.1 Å². The highest BCUT2D eigenvalue weighted by Gasteiger charge is 2.15. The summed E-state index contributed by atoms with van der Waals surface area (Å²) in [5.74, 6) is 2.67. The lowest BCUT2D eigenvalue weighted by molar-refractivity contribution is 0.534. The zero-order chi connectivity index (χ0) is 12.3. The van der Waals surface area contributed by atoms with E-state index >= 15 is 0 Å². The van der Waals surface area contributed by atoms with Crippen molar-refractivity contribution in [3.8, 4) is 11.4 Å². The Morgan fingerprint density at radius 1 is 1.53 bits per heavy atom. The van der Waals surface area contributed by atoms with Crippen molar-refractivity contribution in [1.82, 2.24) is 14.8 Å². The van der Waals surface area contributed by atoms with Gasteiger partial charge >= 0.3 is 0 Å². The van der Waals surface area contributed by atoms with E-state index in [9.17, 15) is 0 Å². The molecule has 2 rings (SSSR count). The number of rotatable bonds is 5. The van der Waals surface area contributed by atoms with Crippen molar-refractivity contribution in [2.24, 2.45) is 0 Å². The Hall–Kier alpha value is -1.49. The van der Waals surface area contributed by atoms with Crippen LogP contribution in [0.2, 0.25) is 0 Å². The van der Waals surface area contributed by atoms with Gasteiger partial charge in [0.05, 0.1) is 11.8 Å². The molecule has 0 radical (unpaired) electrons. The van der Waals surface area contributed by atoms with E-state index in [-0.39, 0.29) is 0 Å². The van der Waals surface area contributed by atoms with Crippen LogP contribution in [0.4, 0.5) is 0 Å². The molecule has 0 aliphatic carbocycles. The van der Waals surface area contributed by atoms with Crippen LogP contribution in [-0.4, -0.2) is 20.5 Å². The predicted octanol–water partition coefficient (Wildman–Crippen LogP) is 3.14. The minimum Gasteiger partial charge on any atom is -0.469 e. The Labute approximate surface area is 105 Å². The Morgan fingerprint density at radius 3 is 2.94 bits per heavy atom. The number of hydrogen-bond acceptors (Lipinski definition) is 4. The van der Waals surface area contributed by atoms with Crippen LogP contribution >= 0.6 is 11.8 Å². The molecule has 0 spiro atoms. The van der Waals surface area contributed by atoms with Gasteiger partial charge in [0.15, 0.2) is 11.0 Å². The van der Waals surface area contributed by atoms with E-state index in [4.69, 9.17) is 4.42 Å². The molecule has 0 aromatic carbocycles. The van der Waals surface area contributed by atoms with Crippen molar-refractivity contribution in [3.63, 3.8) is 0 Å². The van der Waals surface area contributed by atoms with E-state index in [1.807, 2.05) is 19.1 Å². The lowest BCUT2D eigenvalue weighted by Crippen LogP contribution is -2.00. The predicted molar refractivity (Wildman–Crippen MR) is 69.1 cm³/mol. The number of furan rings is 1. The maximum atomic E-state index is 5.31. The SMILES string of the molecule is C=CCn1c(SCC)nnc1-c1ccoc1C. The third kappa shape index (κ3) is 2.29. The van der Waals surface area contributed by atoms with Crippen LogP contribution < -0.4 is 0 Å². The van der Waals surface area contributed by atoms with Gasteiger partial charge in [-0.05, 0) is 18.7 Å². The second kappa shape index (κ2) is 5.23.